The van der Waals surface area contributed by atoms with Gasteiger partial charge in [0.25, 0.3) is 0 Å². The van der Waals surface area contributed by atoms with Crippen LogP contribution in [0.3, 0.4) is 0 Å². The lowest BCUT2D eigenvalue weighted by Crippen LogP contribution is -2.64. The Morgan fingerprint density at radius 2 is 1.40 bits per heavy atom. The van der Waals surface area contributed by atoms with E-state index in [1.165, 1.54) is 19.1 Å². The maximum atomic E-state index is 11.9. The third kappa shape index (κ3) is 7.76. The smallest absolute Gasteiger partial charge is 0.303 e. The van der Waals surface area contributed by atoms with Gasteiger partial charge < -0.3 is 33.2 Å². The average Bonchev–Trinajstić information content (AvgIpc) is 3.12. The van der Waals surface area contributed by atoms with Crippen molar-refractivity contribution in [3.63, 3.8) is 0 Å². The van der Waals surface area contributed by atoms with Crippen molar-refractivity contribution in [2.45, 2.75) is 83.5 Å². The molecule has 13 nitrogen and oxygen atoms in total. The van der Waals surface area contributed by atoms with E-state index in [4.69, 9.17) is 33.2 Å². The highest BCUT2D eigenvalue weighted by Crippen LogP contribution is 2.36. The highest BCUT2D eigenvalue weighted by Gasteiger charge is 2.55. The molecule has 0 amide bonds. The van der Waals surface area contributed by atoms with Gasteiger partial charge in [0.15, 0.2) is 23.9 Å². The molecule has 1 saturated heterocycles. The summed E-state index contributed by atoms with van der Waals surface area (Å²) in [5.74, 6) is -3.63. The molecule has 0 saturated carbocycles. The number of hydrogen-bond acceptors (Lipinski definition) is 13. The van der Waals surface area contributed by atoms with E-state index >= 15 is 0 Å². The number of esters is 5. The van der Waals surface area contributed by atoms with E-state index in [0.717, 1.165) is 27.7 Å². The van der Waals surface area contributed by atoms with Gasteiger partial charge in [-0.1, -0.05) is 0 Å². The minimum Gasteiger partial charge on any atom is -0.463 e. The van der Waals surface area contributed by atoms with E-state index in [9.17, 15) is 29.2 Å². The van der Waals surface area contributed by atoms with Gasteiger partial charge in [-0.2, -0.15) is 5.26 Å². The van der Waals surface area contributed by atoms with Gasteiger partial charge in [0.2, 0.25) is 6.29 Å². The van der Waals surface area contributed by atoms with Crippen LogP contribution in [0.5, 0.6) is 0 Å². The van der Waals surface area contributed by atoms with Crippen LogP contribution in [0.4, 0.5) is 0 Å². The lowest BCUT2D eigenvalue weighted by Gasteiger charge is -2.45. The maximum absolute atomic E-state index is 11.9. The van der Waals surface area contributed by atoms with E-state index in [-0.39, 0.29) is 6.42 Å². The zero-order chi connectivity index (χ0) is 26.3. The van der Waals surface area contributed by atoms with Gasteiger partial charge in [0.05, 0.1) is 0 Å². The van der Waals surface area contributed by atoms with Crippen LogP contribution in [0.15, 0.2) is 12.2 Å². The standard InChI is InChI=1S/C22H27NO12/c1-11(24)29-9-17-18(31-13(3)26)19(32-14(4)27)20(33-15(5)28)21(34-17)35-22(10-23)7-6-16(8-22)30-12(2)25/h6-7,16-21H,8-9H2,1-5H3/t16-,17+,18+,19-,20+,21-,22-/m0/s1. The van der Waals surface area contributed by atoms with Crippen LogP contribution in [0.1, 0.15) is 41.0 Å². The fraction of sp³-hybridized carbons (Fsp3) is 0.636. The second-order valence-corrected chi connectivity index (χ2v) is 7.90. The quantitative estimate of drug-likeness (QED) is 0.254. The number of carbonyl (C=O) groups excluding carboxylic acids is 5. The summed E-state index contributed by atoms with van der Waals surface area (Å²) in [6.45, 7) is 5.18. The molecule has 192 valence electrons. The lowest BCUT2D eigenvalue weighted by molar-refractivity contribution is -0.320. The summed E-state index contributed by atoms with van der Waals surface area (Å²) in [7, 11) is 0. The van der Waals surface area contributed by atoms with Gasteiger partial charge >= 0.3 is 29.8 Å². The summed E-state index contributed by atoms with van der Waals surface area (Å²) in [5, 5.41) is 9.84. The predicted molar refractivity (Wildman–Crippen MR) is 111 cm³/mol. The van der Waals surface area contributed by atoms with E-state index in [1.807, 2.05) is 6.07 Å². The Morgan fingerprint density at radius 1 is 0.857 bits per heavy atom. The van der Waals surface area contributed by atoms with Crippen LogP contribution >= 0.6 is 0 Å². The fourth-order valence-corrected chi connectivity index (χ4v) is 3.68. The van der Waals surface area contributed by atoms with Gasteiger partial charge in [0.1, 0.15) is 24.9 Å². The number of nitriles is 1. The Morgan fingerprint density at radius 3 is 1.91 bits per heavy atom. The summed E-state index contributed by atoms with van der Waals surface area (Å²) in [6.07, 6.45) is -5.11. The van der Waals surface area contributed by atoms with Crippen molar-refractivity contribution in [3.05, 3.63) is 12.2 Å². The molecule has 1 fully saturated rings. The number of rotatable bonds is 8. The SMILES string of the molecule is CC(=O)OC[C@H]1O[C@@H](O[C@@]2(C#N)C=C[C@H](OC(C)=O)C2)[C@H](OC(C)=O)[C@@H](OC(C)=O)[C@@H]1OC(C)=O. The molecular formula is C22H27NO12. The zero-order valence-corrected chi connectivity index (χ0v) is 19.9. The minimum atomic E-state index is -1.68. The third-order valence-electron chi connectivity index (χ3n) is 4.87. The first-order valence-electron chi connectivity index (χ1n) is 10.6. The number of hydrogen-bond donors (Lipinski definition) is 0. The predicted octanol–water partition coefficient (Wildman–Crippen LogP) is 0.240. The van der Waals surface area contributed by atoms with Crippen molar-refractivity contribution in [3.8, 4) is 6.07 Å². The lowest BCUT2D eigenvalue weighted by atomic mass is 9.97. The Labute approximate surface area is 201 Å². The molecule has 0 aromatic carbocycles. The van der Waals surface area contributed by atoms with Crippen LogP contribution in [-0.4, -0.2) is 78.9 Å². The first kappa shape index (κ1) is 27.7. The topological polar surface area (TPSA) is 174 Å². The molecule has 0 radical (unpaired) electrons. The zero-order valence-electron chi connectivity index (χ0n) is 19.9. The van der Waals surface area contributed by atoms with E-state index < -0.39 is 78.9 Å². The van der Waals surface area contributed by atoms with E-state index in [0.29, 0.717) is 0 Å². The van der Waals surface area contributed by atoms with E-state index in [2.05, 4.69) is 0 Å². The number of nitrogens with zero attached hydrogens (tertiary/aromatic N) is 1. The second-order valence-electron chi connectivity index (χ2n) is 7.90. The number of ether oxygens (including phenoxy) is 7. The Hall–Kier alpha value is -3.50. The van der Waals surface area contributed by atoms with E-state index in [1.54, 1.807) is 0 Å². The first-order chi connectivity index (χ1) is 16.4. The van der Waals surface area contributed by atoms with Crippen LogP contribution in [-0.2, 0) is 57.1 Å². The van der Waals surface area contributed by atoms with Gasteiger partial charge in [-0.15, -0.1) is 0 Å². The largest absolute Gasteiger partial charge is 0.463 e. The molecule has 0 unspecified atom stereocenters. The summed E-state index contributed by atoms with van der Waals surface area (Å²) >= 11 is 0. The molecule has 0 bridgehead atoms. The van der Waals surface area contributed by atoms with Gasteiger partial charge in [-0.25, -0.2) is 0 Å². The van der Waals surface area contributed by atoms with Crippen molar-refractivity contribution in [2.75, 3.05) is 6.61 Å². The average molecular weight is 497 g/mol. The van der Waals surface area contributed by atoms with Crippen LogP contribution in [0.2, 0.25) is 0 Å². The molecular weight excluding hydrogens is 470 g/mol. The molecule has 35 heavy (non-hydrogen) atoms. The fourth-order valence-electron chi connectivity index (χ4n) is 3.68. The van der Waals surface area contributed by atoms with Crippen molar-refractivity contribution in [1.82, 2.24) is 0 Å². The molecule has 7 atom stereocenters. The Bertz CT molecular complexity index is 924. The molecule has 1 heterocycles. The van der Waals surface area contributed by atoms with Crippen molar-refractivity contribution >= 4 is 29.8 Å². The third-order valence-corrected chi connectivity index (χ3v) is 4.87. The molecule has 0 aromatic heterocycles. The van der Waals surface area contributed by atoms with Crippen LogP contribution in [0.25, 0.3) is 0 Å². The first-order valence-corrected chi connectivity index (χ1v) is 10.6. The van der Waals surface area contributed by atoms with Crippen LogP contribution in [0, 0.1) is 11.3 Å². The highest BCUT2D eigenvalue weighted by molar-refractivity contribution is 5.69. The second kappa shape index (κ2) is 11.8. The number of carbonyl (C=O) groups is 5. The highest BCUT2D eigenvalue weighted by atomic mass is 16.7. The van der Waals surface area contributed by atoms with Gasteiger partial charge in [-0.05, 0) is 12.2 Å². The molecule has 0 spiro atoms. The molecule has 2 rings (SSSR count). The molecule has 2 aliphatic rings. The Kier molecular flexibility index (Phi) is 9.32. The van der Waals surface area contributed by atoms with Crippen LogP contribution < -0.4 is 0 Å². The summed E-state index contributed by atoms with van der Waals surface area (Å²) in [4.78, 5) is 58.3. The molecule has 0 N–H and O–H groups in total. The van der Waals surface area contributed by atoms with Gasteiger partial charge in [0, 0.05) is 41.0 Å². The van der Waals surface area contributed by atoms with Crippen molar-refractivity contribution in [1.29, 1.82) is 5.26 Å². The monoisotopic (exact) mass is 497 g/mol. The Balaban J connectivity index is 2.45. The summed E-state index contributed by atoms with van der Waals surface area (Å²) in [5.41, 5.74) is -1.68. The summed E-state index contributed by atoms with van der Waals surface area (Å²) < 4.78 is 37.8. The molecule has 13 heteroatoms. The molecule has 1 aliphatic carbocycles. The maximum Gasteiger partial charge on any atom is 0.303 e. The van der Waals surface area contributed by atoms with Gasteiger partial charge in [-0.3, -0.25) is 24.0 Å². The summed E-state index contributed by atoms with van der Waals surface area (Å²) in [6, 6.07) is 1.97. The normalized spacial score (nSPS) is 31.5. The van der Waals surface area contributed by atoms with Crippen molar-refractivity contribution in [2.24, 2.45) is 0 Å². The minimum absolute atomic E-state index is 0.101. The molecule has 0 aromatic rings. The van der Waals surface area contributed by atoms with Crippen molar-refractivity contribution < 1.29 is 57.1 Å². The molecule has 1 aliphatic heterocycles.